The van der Waals surface area contributed by atoms with Crippen molar-refractivity contribution in [2.45, 2.75) is 46.1 Å². The maximum absolute atomic E-state index is 6.23. The van der Waals surface area contributed by atoms with Crippen LogP contribution in [0.1, 0.15) is 39.1 Å². The molecule has 0 bridgehead atoms. The molecule has 4 nitrogen and oxygen atoms in total. The zero-order chi connectivity index (χ0) is 14.8. The Morgan fingerprint density at radius 2 is 1.89 bits per heavy atom. The van der Waals surface area contributed by atoms with Gasteiger partial charge in [-0.3, -0.25) is 0 Å². The normalized spacial score (nSPS) is 13.5. The number of aromatic nitrogens is 2. The van der Waals surface area contributed by atoms with E-state index in [4.69, 9.17) is 16.3 Å². The lowest BCUT2D eigenvalue weighted by molar-refractivity contribution is 0.124. The molecule has 0 spiro atoms. The second-order valence-corrected chi connectivity index (χ2v) is 6.32. The molecule has 0 aliphatic heterocycles. The summed E-state index contributed by atoms with van der Waals surface area (Å²) in [7, 11) is 3.70. The Morgan fingerprint density at radius 3 is 2.37 bits per heavy atom. The van der Waals surface area contributed by atoms with E-state index in [9.17, 15) is 0 Å². The minimum Gasteiger partial charge on any atom is -0.380 e. The van der Waals surface area contributed by atoms with Gasteiger partial charge in [-0.1, -0.05) is 32.4 Å². The number of ether oxygens (including phenoxy) is 1. The van der Waals surface area contributed by atoms with Crippen LogP contribution in [0, 0.1) is 6.92 Å². The molecule has 0 aliphatic rings. The predicted octanol–water partition coefficient (Wildman–Crippen LogP) is 3.21. The standard InChI is InChI=1S/C14H24ClN3O/c1-9(19-7)8-18(6)12-10(2)11(15)16-13(17-12)14(3,4)5/h9H,8H2,1-7H3. The number of halogens is 1. The quantitative estimate of drug-likeness (QED) is 0.796. The van der Waals surface area contributed by atoms with Crippen molar-refractivity contribution in [1.29, 1.82) is 0 Å². The molecular formula is C14H24ClN3O. The molecule has 1 atom stereocenters. The SMILES string of the molecule is COC(C)CN(C)c1nc(C(C)(C)C)nc(Cl)c1C. The van der Waals surface area contributed by atoms with Crippen LogP contribution in [0.2, 0.25) is 5.15 Å². The van der Waals surface area contributed by atoms with Gasteiger partial charge >= 0.3 is 0 Å². The average molecular weight is 286 g/mol. The third kappa shape index (κ3) is 4.05. The van der Waals surface area contributed by atoms with Crippen molar-refractivity contribution >= 4 is 17.4 Å². The number of hydrogen-bond donors (Lipinski definition) is 0. The van der Waals surface area contributed by atoms with E-state index >= 15 is 0 Å². The van der Waals surface area contributed by atoms with Gasteiger partial charge in [0.25, 0.3) is 0 Å². The van der Waals surface area contributed by atoms with Gasteiger partial charge in [-0.05, 0) is 13.8 Å². The largest absolute Gasteiger partial charge is 0.380 e. The molecular weight excluding hydrogens is 262 g/mol. The molecule has 0 saturated heterocycles. The molecule has 19 heavy (non-hydrogen) atoms. The fourth-order valence-corrected chi connectivity index (χ4v) is 1.90. The van der Waals surface area contributed by atoms with E-state index in [0.717, 1.165) is 23.8 Å². The zero-order valence-corrected chi connectivity index (χ0v) is 13.7. The predicted molar refractivity (Wildman–Crippen MR) is 80.2 cm³/mol. The van der Waals surface area contributed by atoms with Gasteiger partial charge < -0.3 is 9.64 Å². The van der Waals surface area contributed by atoms with Gasteiger partial charge in [0.05, 0.1) is 6.10 Å². The van der Waals surface area contributed by atoms with Crippen LogP contribution in [0.4, 0.5) is 5.82 Å². The van der Waals surface area contributed by atoms with E-state index in [-0.39, 0.29) is 11.5 Å². The molecule has 0 saturated carbocycles. The minimum atomic E-state index is -0.125. The van der Waals surface area contributed by atoms with E-state index in [0.29, 0.717) is 5.15 Å². The summed E-state index contributed by atoms with van der Waals surface area (Å²) >= 11 is 6.23. The second-order valence-electron chi connectivity index (χ2n) is 5.96. The minimum absolute atomic E-state index is 0.125. The van der Waals surface area contributed by atoms with Crippen LogP contribution in [0.3, 0.4) is 0 Å². The molecule has 0 fully saturated rings. The van der Waals surface area contributed by atoms with E-state index in [1.54, 1.807) is 7.11 Å². The lowest BCUT2D eigenvalue weighted by Gasteiger charge is -2.26. The van der Waals surface area contributed by atoms with Gasteiger partial charge in [0, 0.05) is 31.7 Å². The summed E-state index contributed by atoms with van der Waals surface area (Å²) in [5, 5.41) is 0.520. The van der Waals surface area contributed by atoms with Crippen molar-refractivity contribution in [1.82, 2.24) is 9.97 Å². The summed E-state index contributed by atoms with van der Waals surface area (Å²) in [5.74, 6) is 1.63. The zero-order valence-electron chi connectivity index (χ0n) is 12.9. The molecule has 1 heterocycles. The molecule has 1 aromatic heterocycles. The maximum atomic E-state index is 6.23. The highest BCUT2D eigenvalue weighted by atomic mass is 35.5. The van der Waals surface area contributed by atoms with Crippen molar-refractivity contribution in [2.75, 3.05) is 25.6 Å². The van der Waals surface area contributed by atoms with Crippen molar-refractivity contribution in [3.63, 3.8) is 0 Å². The van der Waals surface area contributed by atoms with Gasteiger partial charge in [0.2, 0.25) is 0 Å². The number of rotatable bonds is 4. The lowest BCUT2D eigenvalue weighted by atomic mass is 9.95. The summed E-state index contributed by atoms with van der Waals surface area (Å²) in [4.78, 5) is 11.1. The average Bonchev–Trinajstić information content (AvgIpc) is 2.30. The third-order valence-corrected chi connectivity index (χ3v) is 3.39. The first-order chi connectivity index (χ1) is 8.66. The smallest absolute Gasteiger partial charge is 0.137 e. The van der Waals surface area contributed by atoms with E-state index < -0.39 is 0 Å². The summed E-state index contributed by atoms with van der Waals surface area (Å²) in [6.45, 7) is 11.0. The molecule has 0 amide bonds. The molecule has 0 N–H and O–H groups in total. The Hall–Kier alpha value is -0.870. The Morgan fingerprint density at radius 1 is 1.32 bits per heavy atom. The van der Waals surface area contributed by atoms with Crippen LogP contribution >= 0.6 is 11.6 Å². The third-order valence-electron chi connectivity index (χ3n) is 3.03. The highest BCUT2D eigenvalue weighted by Gasteiger charge is 2.22. The summed E-state index contributed by atoms with van der Waals surface area (Å²) in [5.41, 5.74) is 0.778. The second kappa shape index (κ2) is 6.06. The molecule has 108 valence electrons. The number of hydrogen-bond acceptors (Lipinski definition) is 4. The van der Waals surface area contributed by atoms with Crippen LogP contribution in [0.25, 0.3) is 0 Å². The first-order valence-corrected chi connectivity index (χ1v) is 6.83. The van der Waals surface area contributed by atoms with Crippen LogP contribution in [0.15, 0.2) is 0 Å². The molecule has 1 rings (SSSR count). The van der Waals surface area contributed by atoms with Crippen LogP contribution in [0.5, 0.6) is 0 Å². The Kier molecular flexibility index (Phi) is 5.16. The fraction of sp³-hybridized carbons (Fsp3) is 0.714. The molecule has 0 aromatic carbocycles. The number of likely N-dealkylation sites (N-methyl/N-ethyl adjacent to an activating group) is 1. The van der Waals surface area contributed by atoms with Gasteiger partial charge in [-0.25, -0.2) is 9.97 Å². The first-order valence-electron chi connectivity index (χ1n) is 6.45. The van der Waals surface area contributed by atoms with Gasteiger partial charge in [-0.15, -0.1) is 0 Å². The number of methoxy groups -OCH3 is 1. The monoisotopic (exact) mass is 285 g/mol. The van der Waals surface area contributed by atoms with Crippen LogP contribution < -0.4 is 4.90 Å². The molecule has 1 aromatic rings. The van der Waals surface area contributed by atoms with Crippen molar-refractivity contribution in [3.8, 4) is 0 Å². The Balaban J connectivity index is 3.16. The highest BCUT2D eigenvalue weighted by Crippen LogP contribution is 2.27. The van der Waals surface area contributed by atoms with Crippen molar-refractivity contribution in [3.05, 3.63) is 16.5 Å². The van der Waals surface area contributed by atoms with Crippen molar-refractivity contribution in [2.24, 2.45) is 0 Å². The summed E-state index contributed by atoms with van der Waals surface area (Å²) in [6.07, 6.45) is 0.135. The van der Waals surface area contributed by atoms with E-state index in [1.807, 2.05) is 20.9 Å². The fourth-order valence-electron chi connectivity index (χ4n) is 1.73. The lowest BCUT2D eigenvalue weighted by Crippen LogP contribution is -2.30. The summed E-state index contributed by atoms with van der Waals surface area (Å²) < 4.78 is 5.29. The topological polar surface area (TPSA) is 38.2 Å². The summed E-state index contributed by atoms with van der Waals surface area (Å²) in [6, 6.07) is 0. The molecule has 0 aliphatic carbocycles. The molecule has 0 radical (unpaired) electrons. The van der Waals surface area contributed by atoms with Gasteiger partial charge in [0.1, 0.15) is 16.8 Å². The van der Waals surface area contributed by atoms with E-state index in [1.165, 1.54) is 0 Å². The van der Waals surface area contributed by atoms with Crippen LogP contribution in [-0.2, 0) is 10.2 Å². The first kappa shape index (κ1) is 16.2. The maximum Gasteiger partial charge on any atom is 0.137 e. The van der Waals surface area contributed by atoms with Crippen LogP contribution in [-0.4, -0.2) is 36.8 Å². The van der Waals surface area contributed by atoms with Crippen molar-refractivity contribution < 1.29 is 4.74 Å². The molecule has 1 unspecified atom stereocenters. The highest BCUT2D eigenvalue weighted by molar-refractivity contribution is 6.30. The molecule has 5 heteroatoms. The Labute approximate surface area is 121 Å². The van der Waals surface area contributed by atoms with Gasteiger partial charge in [-0.2, -0.15) is 0 Å². The van der Waals surface area contributed by atoms with Gasteiger partial charge in [0.15, 0.2) is 0 Å². The number of anilines is 1. The van der Waals surface area contributed by atoms with E-state index in [2.05, 4.69) is 35.6 Å². The number of nitrogens with zero attached hydrogens (tertiary/aromatic N) is 3. The Bertz CT molecular complexity index is 443.